The van der Waals surface area contributed by atoms with Crippen molar-refractivity contribution in [3.05, 3.63) is 64.4 Å². The fraction of sp³-hybridized carbons (Fsp3) is 0.300. The van der Waals surface area contributed by atoms with Crippen LogP contribution in [0.25, 0.3) is 11.1 Å². The van der Waals surface area contributed by atoms with Gasteiger partial charge in [0.15, 0.2) is 0 Å². The number of likely N-dealkylation sites (tertiary alicyclic amines) is 1. The smallest absolute Gasteiger partial charge is 0.255 e. The van der Waals surface area contributed by atoms with Gasteiger partial charge in [0.05, 0.1) is 5.56 Å². The van der Waals surface area contributed by atoms with Crippen LogP contribution in [-0.2, 0) is 0 Å². The van der Waals surface area contributed by atoms with Crippen LogP contribution in [0.2, 0.25) is 0 Å². The molecule has 4 rings (SSSR count). The number of nitrogens with one attached hydrogen (secondary N) is 1. The maximum atomic E-state index is 13.1. The lowest BCUT2D eigenvalue weighted by Gasteiger charge is -2.31. The fourth-order valence-corrected chi connectivity index (χ4v) is 4.46. The van der Waals surface area contributed by atoms with Gasteiger partial charge in [0.1, 0.15) is 5.82 Å². The lowest BCUT2D eigenvalue weighted by molar-refractivity contribution is 0.0712. The molecule has 1 fully saturated rings. The number of piperidine rings is 1. The van der Waals surface area contributed by atoms with E-state index in [1.807, 2.05) is 34.7 Å². The Morgan fingerprint density at radius 1 is 1.24 bits per heavy atom. The third-order valence-corrected chi connectivity index (χ3v) is 5.87. The van der Waals surface area contributed by atoms with Crippen LogP contribution < -0.4 is 0 Å². The molecule has 0 radical (unpaired) electrons. The van der Waals surface area contributed by atoms with Gasteiger partial charge in [-0.05, 0) is 25.3 Å². The number of aromatic nitrogens is 2. The zero-order chi connectivity index (χ0) is 17.2. The number of hydrogen-bond acceptors (Lipinski definition) is 3. The normalized spacial score (nSPS) is 15.5. The molecule has 5 heteroatoms. The first-order chi connectivity index (χ1) is 12.2. The number of rotatable bonds is 3. The zero-order valence-electron chi connectivity index (χ0n) is 14.2. The third kappa shape index (κ3) is 3.12. The Kier molecular flexibility index (Phi) is 4.40. The lowest BCUT2D eigenvalue weighted by atomic mass is 9.95. The third-order valence-electron chi connectivity index (χ3n) is 4.96. The average Bonchev–Trinajstić information content (AvgIpc) is 3.32. The Labute approximate surface area is 151 Å². The second-order valence-electron chi connectivity index (χ2n) is 6.49. The monoisotopic (exact) mass is 351 g/mol. The highest BCUT2D eigenvalue weighted by atomic mass is 32.1. The van der Waals surface area contributed by atoms with Gasteiger partial charge in [-0.1, -0.05) is 30.3 Å². The van der Waals surface area contributed by atoms with Crippen molar-refractivity contribution in [2.75, 3.05) is 13.1 Å². The predicted octanol–water partition coefficient (Wildman–Crippen LogP) is 4.47. The summed E-state index contributed by atoms with van der Waals surface area (Å²) >= 11 is 1.65. The van der Waals surface area contributed by atoms with E-state index in [1.165, 1.54) is 4.88 Å². The number of carbonyl (C=O) groups is 1. The molecule has 0 unspecified atom stereocenters. The molecule has 1 amide bonds. The molecule has 25 heavy (non-hydrogen) atoms. The molecular formula is C20H21N3OS. The van der Waals surface area contributed by atoms with E-state index in [4.69, 9.17) is 0 Å². The number of thiophene rings is 1. The number of hydrogen-bond donors (Lipinski definition) is 1. The molecule has 1 aliphatic rings. The number of nitrogens with zero attached hydrogens (tertiary/aromatic N) is 2. The number of carbonyl (C=O) groups excluding carboxylic acids is 1. The molecule has 3 aromatic rings. The van der Waals surface area contributed by atoms with Gasteiger partial charge in [0.2, 0.25) is 0 Å². The summed E-state index contributed by atoms with van der Waals surface area (Å²) in [6.45, 7) is 3.66. The fourth-order valence-electron chi connectivity index (χ4n) is 3.60. The van der Waals surface area contributed by atoms with E-state index < -0.39 is 0 Å². The maximum absolute atomic E-state index is 13.1. The van der Waals surface area contributed by atoms with E-state index in [1.54, 1.807) is 17.5 Å². The molecule has 4 nitrogen and oxygen atoms in total. The zero-order valence-corrected chi connectivity index (χ0v) is 15.1. The summed E-state index contributed by atoms with van der Waals surface area (Å²) in [7, 11) is 0. The van der Waals surface area contributed by atoms with Gasteiger partial charge in [0.25, 0.3) is 5.91 Å². The number of imidazole rings is 1. The minimum absolute atomic E-state index is 0.154. The molecule has 0 spiro atoms. The van der Waals surface area contributed by atoms with Crippen LogP contribution in [0.4, 0.5) is 0 Å². The highest BCUT2D eigenvalue weighted by Crippen LogP contribution is 2.34. The van der Waals surface area contributed by atoms with Crippen LogP contribution in [0.3, 0.4) is 0 Å². The second kappa shape index (κ2) is 6.84. The summed E-state index contributed by atoms with van der Waals surface area (Å²) in [5.41, 5.74) is 3.05. The molecule has 2 aromatic heterocycles. The number of amides is 1. The van der Waals surface area contributed by atoms with Crippen LogP contribution in [0.5, 0.6) is 0 Å². The lowest BCUT2D eigenvalue weighted by Crippen LogP contribution is -2.38. The quantitative estimate of drug-likeness (QED) is 0.757. The minimum atomic E-state index is 0.154. The predicted molar refractivity (Wildman–Crippen MR) is 101 cm³/mol. The summed E-state index contributed by atoms with van der Waals surface area (Å²) in [5, 5.41) is 2.01. The summed E-state index contributed by atoms with van der Waals surface area (Å²) in [6.07, 6.45) is 5.59. The first-order valence-electron chi connectivity index (χ1n) is 8.66. The van der Waals surface area contributed by atoms with Gasteiger partial charge in [-0.25, -0.2) is 4.98 Å². The Hall–Kier alpha value is -2.40. The van der Waals surface area contributed by atoms with E-state index in [2.05, 4.69) is 29.0 Å². The van der Waals surface area contributed by atoms with Crippen molar-refractivity contribution in [1.82, 2.24) is 14.9 Å². The van der Waals surface area contributed by atoms with Gasteiger partial charge in [-0.3, -0.25) is 4.79 Å². The molecule has 3 heterocycles. The highest BCUT2D eigenvalue weighted by Gasteiger charge is 2.28. The van der Waals surface area contributed by atoms with E-state index in [-0.39, 0.29) is 5.91 Å². The molecule has 1 aliphatic heterocycles. The highest BCUT2D eigenvalue weighted by molar-refractivity contribution is 7.10. The Morgan fingerprint density at radius 2 is 2.00 bits per heavy atom. The Morgan fingerprint density at radius 3 is 2.68 bits per heavy atom. The van der Waals surface area contributed by atoms with Crippen LogP contribution >= 0.6 is 11.3 Å². The first kappa shape index (κ1) is 16.1. The Balaban J connectivity index is 1.53. The van der Waals surface area contributed by atoms with E-state index in [0.717, 1.165) is 48.4 Å². The van der Waals surface area contributed by atoms with Gasteiger partial charge in [0, 0.05) is 47.2 Å². The van der Waals surface area contributed by atoms with Gasteiger partial charge >= 0.3 is 0 Å². The van der Waals surface area contributed by atoms with Crippen molar-refractivity contribution in [2.24, 2.45) is 0 Å². The van der Waals surface area contributed by atoms with Crippen molar-refractivity contribution >= 4 is 17.2 Å². The van der Waals surface area contributed by atoms with Crippen molar-refractivity contribution < 1.29 is 4.79 Å². The number of benzene rings is 1. The van der Waals surface area contributed by atoms with Crippen molar-refractivity contribution in [2.45, 2.75) is 25.7 Å². The number of aromatic amines is 1. The molecule has 1 N–H and O–H groups in total. The molecule has 0 aliphatic carbocycles. The molecule has 128 valence electrons. The first-order valence-corrected chi connectivity index (χ1v) is 9.54. The molecule has 1 saturated heterocycles. The van der Waals surface area contributed by atoms with Crippen LogP contribution in [0.15, 0.2) is 48.1 Å². The molecular weight excluding hydrogens is 330 g/mol. The summed E-state index contributed by atoms with van der Waals surface area (Å²) in [5.74, 6) is 1.63. The van der Waals surface area contributed by atoms with Gasteiger partial charge in [-0.15, -0.1) is 11.3 Å². The van der Waals surface area contributed by atoms with Crippen LogP contribution in [0, 0.1) is 6.92 Å². The van der Waals surface area contributed by atoms with Crippen molar-refractivity contribution in [3.63, 3.8) is 0 Å². The van der Waals surface area contributed by atoms with Crippen molar-refractivity contribution in [3.8, 4) is 11.1 Å². The topological polar surface area (TPSA) is 49.0 Å². The summed E-state index contributed by atoms with van der Waals surface area (Å²) in [6, 6.07) is 10.2. The summed E-state index contributed by atoms with van der Waals surface area (Å²) in [4.78, 5) is 23.9. The average molecular weight is 351 g/mol. The molecule has 0 saturated carbocycles. The van der Waals surface area contributed by atoms with Crippen LogP contribution in [0.1, 0.15) is 39.8 Å². The Bertz CT molecular complexity index is 846. The van der Waals surface area contributed by atoms with Gasteiger partial charge in [-0.2, -0.15) is 0 Å². The maximum Gasteiger partial charge on any atom is 0.255 e. The number of H-pyrrole nitrogens is 1. The second-order valence-corrected chi connectivity index (χ2v) is 7.57. The standard InChI is InChI=1S/C20H21N3OS/c1-14-18(15-5-3-2-4-6-15)17(13-25-14)20(24)23-11-7-16(8-12-23)19-21-9-10-22-19/h2-6,9-10,13,16H,7-8,11-12H2,1H3,(H,21,22). The van der Waals surface area contributed by atoms with Crippen molar-refractivity contribution in [1.29, 1.82) is 0 Å². The molecule has 1 aromatic carbocycles. The van der Waals surface area contributed by atoms with Crippen LogP contribution in [-0.4, -0.2) is 33.9 Å². The largest absolute Gasteiger partial charge is 0.348 e. The minimum Gasteiger partial charge on any atom is -0.348 e. The molecule has 0 bridgehead atoms. The summed E-state index contributed by atoms with van der Waals surface area (Å²) < 4.78 is 0. The van der Waals surface area contributed by atoms with Gasteiger partial charge < -0.3 is 9.88 Å². The SMILES string of the molecule is Cc1scc(C(=O)N2CCC(c3ncc[nH]3)CC2)c1-c1ccccc1. The van der Waals surface area contributed by atoms with E-state index >= 15 is 0 Å². The molecule has 0 atom stereocenters. The van der Waals surface area contributed by atoms with E-state index in [0.29, 0.717) is 5.92 Å². The number of aryl methyl sites for hydroxylation is 1. The van der Waals surface area contributed by atoms with E-state index in [9.17, 15) is 4.79 Å².